The van der Waals surface area contributed by atoms with Crippen LogP contribution < -0.4 is 10.5 Å². The molecular weight excluding hydrogens is 368 g/mol. The Balaban J connectivity index is 0.00000182. The molecule has 0 radical (unpaired) electrons. The predicted molar refractivity (Wildman–Crippen MR) is 90.2 cm³/mol. The van der Waals surface area contributed by atoms with Crippen molar-refractivity contribution in [1.29, 1.82) is 0 Å². The Kier molecular flexibility index (Phi) is 4.86. The van der Waals surface area contributed by atoms with Gasteiger partial charge in [0.2, 0.25) is 15.9 Å². The number of nitrogens with zero attached hydrogens (tertiary/aromatic N) is 2. The summed E-state index contributed by atoms with van der Waals surface area (Å²) < 4.78 is 37.7. The van der Waals surface area contributed by atoms with Crippen molar-refractivity contribution in [1.82, 2.24) is 14.9 Å². The summed E-state index contributed by atoms with van der Waals surface area (Å²) in [6, 6.07) is 4.97. The first-order valence-electron chi connectivity index (χ1n) is 7.77. The monoisotopic (exact) mass is 386 g/mol. The smallest absolute Gasteiger partial charge is 0.241 e. The van der Waals surface area contributed by atoms with E-state index in [1.807, 2.05) is 0 Å². The zero-order chi connectivity index (χ0) is 16.8. The minimum absolute atomic E-state index is 0. The number of aromatic nitrogens is 2. The van der Waals surface area contributed by atoms with Crippen LogP contribution in [0.4, 0.5) is 0 Å². The molecule has 0 bridgehead atoms. The molecular formula is C15H19ClN4O4S. The van der Waals surface area contributed by atoms with Crippen LogP contribution in [0.5, 0.6) is 0 Å². The third-order valence-electron chi connectivity index (χ3n) is 4.58. The molecule has 1 aromatic carbocycles. The molecule has 1 fully saturated rings. The van der Waals surface area contributed by atoms with Crippen molar-refractivity contribution in [3.05, 3.63) is 41.0 Å². The summed E-state index contributed by atoms with van der Waals surface area (Å²) in [7, 11) is -3.66. The maximum atomic E-state index is 12.4. The SMILES string of the molecule is Cl.NC1(c2noc(CNS(=O)(=O)c3ccc4c(c3)COC4)n2)CCC1. The molecule has 1 saturated carbocycles. The zero-order valence-corrected chi connectivity index (χ0v) is 15.0. The van der Waals surface area contributed by atoms with Crippen LogP contribution in [0.25, 0.3) is 0 Å². The number of ether oxygens (including phenoxy) is 1. The fourth-order valence-corrected chi connectivity index (χ4v) is 3.89. The molecule has 25 heavy (non-hydrogen) atoms. The molecule has 10 heteroatoms. The summed E-state index contributed by atoms with van der Waals surface area (Å²) >= 11 is 0. The lowest BCUT2D eigenvalue weighted by Crippen LogP contribution is -2.44. The second-order valence-corrected chi connectivity index (χ2v) is 8.04. The van der Waals surface area contributed by atoms with E-state index in [1.165, 1.54) is 0 Å². The summed E-state index contributed by atoms with van der Waals surface area (Å²) in [6.45, 7) is 0.887. The van der Waals surface area contributed by atoms with Gasteiger partial charge in [0.1, 0.15) is 0 Å². The minimum atomic E-state index is -3.66. The first-order valence-corrected chi connectivity index (χ1v) is 9.26. The highest BCUT2D eigenvalue weighted by molar-refractivity contribution is 7.89. The molecule has 1 aromatic heterocycles. The van der Waals surface area contributed by atoms with Gasteiger partial charge in [-0.1, -0.05) is 11.2 Å². The van der Waals surface area contributed by atoms with Crippen LogP contribution in [0, 0.1) is 0 Å². The summed E-state index contributed by atoms with van der Waals surface area (Å²) in [5.74, 6) is 0.646. The molecule has 0 saturated heterocycles. The van der Waals surface area contributed by atoms with Crippen molar-refractivity contribution in [2.75, 3.05) is 0 Å². The number of hydrogen-bond donors (Lipinski definition) is 2. The topological polar surface area (TPSA) is 120 Å². The Morgan fingerprint density at radius 1 is 1.24 bits per heavy atom. The van der Waals surface area contributed by atoms with E-state index < -0.39 is 15.6 Å². The lowest BCUT2D eigenvalue weighted by atomic mass is 9.77. The van der Waals surface area contributed by atoms with Gasteiger partial charge in [-0.05, 0) is 42.5 Å². The standard InChI is InChI=1S/C15H18N4O4S.ClH/c16-15(4-1-5-15)14-18-13(23-19-14)7-17-24(20,21)12-3-2-10-8-22-9-11(10)6-12;/h2-3,6,17H,1,4-5,7-9,16H2;1H. The van der Waals surface area contributed by atoms with Crippen molar-refractivity contribution in [2.24, 2.45) is 5.73 Å². The predicted octanol–water partition coefficient (Wildman–Crippen LogP) is 1.34. The highest BCUT2D eigenvalue weighted by Crippen LogP contribution is 2.36. The third kappa shape index (κ3) is 3.42. The molecule has 136 valence electrons. The van der Waals surface area contributed by atoms with E-state index in [9.17, 15) is 8.42 Å². The van der Waals surface area contributed by atoms with Crippen LogP contribution in [0.15, 0.2) is 27.6 Å². The average Bonchev–Trinajstić information content (AvgIpc) is 3.19. The van der Waals surface area contributed by atoms with Crippen LogP contribution >= 0.6 is 12.4 Å². The van der Waals surface area contributed by atoms with Gasteiger partial charge >= 0.3 is 0 Å². The van der Waals surface area contributed by atoms with Gasteiger partial charge < -0.3 is 15.0 Å². The normalized spacial score (nSPS) is 18.3. The van der Waals surface area contributed by atoms with Crippen LogP contribution in [0.3, 0.4) is 0 Å². The van der Waals surface area contributed by atoms with Crippen LogP contribution in [0.1, 0.15) is 42.1 Å². The first kappa shape index (κ1) is 18.3. The number of hydrogen-bond acceptors (Lipinski definition) is 7. The van der Waals surface area contributed by atoms with Gasteiger partial charge in [0, 0.05) is 0 Å². The van der Waals surface area contributed by atoms with Gasteiger partial charge in [-0.2, -0.15) is 4.98 Å². The highest BCUT2D eigenvalue weighted by atomic mass is 35.5. The van der Waals surface area contributed by atoms with Crippen LogP contribution in [-0.4, -0.2) is 18.6 Å². The third-order valence-corrected chi connectivity index (χ3v) is 5.97. The fourth-order valence-electron chi connectivity index (χ4n) is 2.87. The molecule has 8 nitrogen and oxygen atoms in total. The van der Waals surface area contributed by atoms with Crippen LogP contribution in [0.2, 0.25) is 0 Å². The average molecular weight is 387 g/mol. The Morgan fingerprint density at radius 3 is 2.72 bits per heavy atom. The molecule has 1 aliphatic carbocycles. The summed E-state index contributed by atoms with van der Waals surface area (Å²) in [5.41, 5.74) is 7.51. The lowest BCUT2D eigenvalue weighted by molar-refractivity contribution is 0.134. The number of nitrogens with two attached hydrogens (primary N) is 1. The van der Waals surface area contributed by atoms with Gasteiger partial charge in [-0.15, -0.1) is 12.4 Å². The molecule has 0 spiro atoms. The van der Waals surface area contributed by atoms with Gasteiger partial charge in [-0.3, -0.25) is 0 Å². The van der Waals surface area contributed by atoms with Crippen molar-refractivity contribution >= 4 is 22.4 Å². The molecule has 2 aliphatic rings. The van der Waals surface area contributed by atoms with Gasteiger partial charge in [-0.25, -0.2) is 13.1 Å². The van der Waals surface area contributed by atoms with E-state index in [-0.39, 0.29) is 29.7 Å². The fraction of sp³-hybridized carbons (Fsp3) is 0.467. The second kappa shape index (κ2) is 6.65. The molecule has 0 unspecified atom stereocenters. The molecule has 0 amide bonds. The maximum absolute atomic E-state index is 12.4. The quantitative estimate of drug-likeness (QED) is 0.795. The Labute approximate surface area is 151 Å². The number of benzene rings is 1. The van der Waals surface area contributed by atoms with Crippen molar-refractivity contribution < 1.29 is 17.7 Å². The summed E-state index contributed by atoms with van der Waals surface area (Å²) in [5, 5.41) is 3.87. The van der Waals surface area contributed by atoms with E-state index in [1.54, 1.807) is 18.2 Å². The van der Waals surface area contributed by atoms with Gasteiger partial charge in [0.25, 0.3) is 0 Å². The minimum Gasteiger partial charge on any atom is -0.372 e. The largest absolute Gasteiger partial charge is 0.372 e. The highest BCUT2D eigenvalue weighted by Gasteiger charge is 2.39. The molecule has 2 aromatic rings. The van der Waals surface area contributed by atoms with E-state index in [2.05, 4.69) is 14.9 Å². The Bertz CT molecular complexity index is 879. The van der Waals surface area contributed by atoms with E-state index >= 15 is 0 Å². The van der Waals surface area contributed by atoms with Crippen molar-refractivity contribution in [3.8, 4) is 0 Å². The molecule has 2 heterocycles. The van der Waals surface area contributed by atoms with Crippen molar-refractivity contribution in [2.45, 2.75) is 49.5 Å². The Morgan fingerprint density at radius 2 is 2.00 bits per heavy atom. The van der Waals surface area contributed by atoms with E-state index in [4.69, 9.17) is 15.0 Å². The van der Waals surface area contributed by atoms with Gasteiger partial charge in [0.05, 0.1) is 30.2 Å². The zero-order valence-electron chi connectivity index (χ0n) is 13.4. The summed E-state index contributed by atoms with van der Waals surface area (Å²) in [4.78, 5) is 4.40. The van der Waals surface area contributed by atoms with E-state index in [0.717, 1.165) is 30.4 Å². The summed E-state index contributed by atoms with van der Waals surface area (Å²) in [6.07, 6.45) is 2.67. The van der Waals surface area contributed by atoms with Gasteiger partial charge in [0.15, 0.2) is 5.82 Å². The number of halogens is 1. The Hall–Kier alpha value is -1.52. The molecule has 4 rings (SSSR count). The molecule has 3 N–H and O–H groups in total. The lowest BCUT2D eigenvalue weighted by Gasteiger charge is -2.34. The molecule has 1 aliphatic heterocycles. The van der Waals surface area contributed by atoms with E-state index in [0.29, 0.717) is 19.0 Å². The maximum Gasteiger partial charge on any atom is 0.241 e. The second-order valence-electron chi connectivity index (χ2n) is 6.27. The number of rotatable bonds is 5. The number of sulfonamides is 1. The van der Waals surface area contributed by atoms with Crippen LogP contribution in [-0.2, 0) is 40.1 Å². The molecule has 0 atom stereocenters. The number of fused-ring (bicyclic) bond motifs is 1. The number of nitrogens with one attached hydrogen (secondary N) is 1. The first-order chi connectivity index (χ1) is 11.5. The van der Waals surface area contributed by atoms with Crippen molar-refractivity contribution in [3.63, 3.8) is 0 Å².